The molecule has 10 heteroatoms. The molecule has 1 saturated heterocycles. The van der Waals surface area contributed by atoms with Gasteiger partial charge < -0.3 is 5.32 Å². The van der Waals surface area contributed by atoms with Gasteiger partial charge in [-0.1, -0.05) is 11.6 Å². The number of thiophene rings is 1. The Morgan fingerprint density at radius 1 is 1.24 bits per heavy atom. The van der Waals surface area contributed by atoms with Crippen molar-refractivity contribution in [3.8, 4) is 0 Å². The maximum absolute atomic E-state index is 12.7. The molecule has 0 aliphatic carbocycles. The average molecular weight is 451 g/mol. The van der Waals surface area contributed by atoms with Gasteiger partial charge in [0, 0.05) is 41.3 Å². The Morgan fingerprint density at radius 3 is 2.59 bits per heavy atom. The Balaban J connectivity index is 1.47. The summed E-state index contributed by atoms with van der Waals surface area (Å²) in [4.78, 5) is 22.9. The fourth-order valence-electron chi connectivity index (χ4n) is 3.27. The van der Waals surface area contributed by atoms with E-state index in [1.165, 1.54) is 21.9 Å². The number of sulfonamides is 1. The standard InChI is InChI=1S/C19H19ClN4O3S2/c1-29(26,27)24-8-6-15(7-9-24)22-19-21-11-13-10-16(28-18(13)23-19)17(25)12-2-4-14(20)5-3-12/h2-5,10-11,15H,6-9H2,1H3,(H,21,22,23). The predicted molar refractivity (Wildman–Crippen MR) is 115 cm³/mol. The topological polar surface area (TPSA) is 92.3 Å². The van der Waals surface area contributed by atoms with Crippen molar-refractivity contribution in [1.82, 2.24) is 14.3 Å². The van der Waals surface area contributed by atoms with E-state index in [0.29, 0.717) is 47.3 Å². The Hall–Kier alpha value is -2.07. The first kappa shape index (κ1) is 20.2. The third kappa shape index (κ3) is 4.58. The van der Waals surface area contributed by atoms with Crippen molar-refractivity contribution in [2.24, 2.45) is 0 Å². The molecule has 4 rings (SSSR count). The van der Waals surface area contributed by atoms with Crippen LogP contribution in [0, 0.1) is 0 Å². The summed E-state index contributed by atoms with van der Waals surface area (Å²) in [5.41, 5.74) is 0.574. The van der Waals surface area contributed by atoms with Crippen molar-refractivity contribution in [1.29, 1.82) is 0 Å². The van der Waals surface area contributed by atoms with Gasteiger partial charge in [-0.2, -0.15) is 0 Å². The second-order valence-electron chi connectivity index (χ2n) is 6.98. The molecule has 0 amide bonds. The second-order valence-corrected chi connectivity index (χ2v) is 10.4. The number of nitrogens with one attached hydrogen (secondary N) is 1. The van der Waals surface area contributed by atoms with E-state index in [2.05, 4.69) is 15.3 Å². The number of benzene rings is 1. The summed E-state index contributed by atoms with van der Waals surface area (Å²) in [6.07, 6.45) is 4.32. The molecule has 3 aromatic rings. The highest BCUT2D eigenvalue weighted by molar-refractivity contribution is 7.88. The van der Waals surface area contributed by atoms with Crippen LogP contribution in [-0.4, -0.2) is 53.9 Å². The van der Waals surface area contributed by atoms with E-state index in [-0.39, 0.29) is 11.8 Å². The molecule has 1 aliphatic rings. The summed E-state index contributed by atoms with van der Waals surface area (Å²) in [5, 5.41) is 4.68. The minimum atomic E-state index is -3.15. The lowest BCUT2D eigenvalue weighted by Crippen LogP contribution is -2.42. The van der Waals surface area contributed by atoms with E-state index in [0.717, 1.165) is 10.2 Å². The Morgan fingerprint density at radius 2 is 1.93 bits per heavy atom. The molecule has 0 spiro atoms. The zero-order valence-electron chi connectivity index (χ0n) is 15.6. The van der Waals surface area contributed by atoms with Crippen LogP contribution in [0.4, 0.5) is 5.95 Å². The van der Waals surface area contributed by atoms with E-state index in [1.807, 2.05) is 0 Å². The first-order valence-electron chi connectivity index (χ1n) is 9.08. The lowest BCUT2D eigenvalue weighted by atomic mass is 10.1. The third-order valence-corrected chi connectivity index (χ3v) is 7.46. The quantitative estimate of drug-likeness (QED) is 0.599. The Kier molecular flexibility index (Phi) is 5.56. The number of hydrogen-bond donors (Lipinski definition) is 1. The summed E-state index contributed by atoms with van der Waals surface area (Å²) in [6.45, 7) is 0.967. The third-order valence-electron chi connectivity index (χ3n) is 4.86. The molecule has 7 nitrogen and oxygen atoms in total. The smallest absolute Gasteiger partial charge is 0.224 e. The summed E-state index contributed by atoms with van der Waals surface area (Å²) < 4.78 is 24.7. The van der Waals surface area contributed by atoms with Crippen LogP contribution in [0.1, 0.15) is 28.1 Å². The number of ketones is 1. The largest absolute Gasteiger partial charge is 0.351 e. The molecule has 1 aromatic carbocycles. The van der Waals surface area contributed by atoms with E-state index >= 15 is 0 Å². The molecule has 0 atom stereocenters. The molecule has 2 aromatic heterocycles. The van der Waals surface area contributed by atoms with Crippen LogP contribution in [0.15, 0.2) is 36.5 Å². The molecule has 0 radical (unpaired) electrons. The number of carbonyl (C=O) groups excluding carboxylic acids is 1. The molecule has 3 heterocycles. The summed E-state index contributed by atoms with van der Waals surface area (Å²) >= 11 is 7.21. The van der Waals surface area contributed by atoms with Gasteiger partial charge in [-0.3, -0.25) is 4.79 Å². The molecule has 1 aliphatic heterocycles. The number of rotatable bonds is 5. The van der Waals surface area contributed by atoms with E-state index in [1.54, 1.807) is 36.5 Å². The van der Waals surface area contributed by atoms with Crippen molar-refractivity contribution < 1.29 is 13.2 Å². The molecule has 1 fully saturated rings. The lowest BCUT2D eigenvalue weighted by molar-refractivity contribution is 0.104. The molecule has 29 heavy (non-hydrogen) atoms. The Bertz CT molecular complexity index is 1150. The number of halogens is 1. The minimum absolute atomic E-state index is 0.0766. The Labute approximate surface area is 177 Å². The van der Waals surface area contributed by atoms with Gasteiger partial charge in [0.2, 0.25) is 21.8 Å². The van der Waals surface area contributed by atoms with Crippen LogP contribution < -0.4 is 5.32 Å². The highest BCUT2D eigenvalue weighted by atomic mass is 35.5. The predicted octanol–water partition coefficient (Wildman–Crippen LogP) is 3.41. The molecule has 0 bridgehead atoms. The van der Waals surface area contributed by atoms with Gasteiger partial charge in [0.15, 0.2) is 0 Å². The van der Waals surface area contributed by atoms with Crippen LogP contribution in [0.2, 0.25) is 5.02 Å². The van der Waals surface area contributed by atoms with Crippen LogP contribution in [0.25, 0.3) is 10.2 Å². The summed E-state index contributed by atoms with van der Waals surface area (Å²) in [5.74, 6) is 0.412. The summed E-state index contributed by atoms with van der Waals surface area (Å²) in [7, 11) is -3.15. The van der Waals surface area contributed by atoms with Gasteiger partial charge in [-0.15, -0.1) is 11.3 Å². The van der Waals surface area contributed by atoms with Gasteiger partial charge in [0.05, 0.1) is 11.1 Å². The number of carbonyl (C=O) groups is 1. The first-order valence-corrected chi connectivity index (χ1v) is 12.1. The van der Waals surface area contributed by atoms with Crippen LogP contribution in [0.3, 0.4) is 0 Å². The van der Waals surface area contributed by atoms with Gasteiger partial charge in [-0.05, 0) is 43.2 Å². The van der Waals surface area contributed by atoms with Gasteiger partial charge in [0.25, 0.3) is 0 Å². The van der Waals surface area contributed by atoms with Crippen molar-refractivity contribution in [2.45, 2.75) is 18.9 Å². The number of anilines is 1. The molecule has 1 N–H and O–H groups in total. The number of aromatic nitrogens is 2. The maximum atomic E-state index is 12.7. The van der Waals surface area contributed by atoms with Crippen molar-refractivity contribution in [2.75, 3.05) is 24.7 Å². The number of hydrogen-bond acceptors (Lipinski definition) is 7. The fraction of sp³-hybridized carbons (Fsp3) is 0.316. The van der Waals surface area contributed by atoms with Crippen LogP contribution in [-0.2, 0) is 10.0 Å². The monoisotopic (exact) mass is 450 g/mol. The minimum Gasteiger partial charge on any atom is -0.351 e. The maximum Gasteiger partial charge on any atom is 0.224 e. The number of nitrogens with zero attached hydrogens (tertiary/aromatic N) is 3. The van der Waals surface area contributed by atoms with E-state index in [4.69, 9.17) is 11.6 Å². The zero-order valence-corrected chi connectivity index (χ0v) is 18.0. The highest BCUT2D eigenvalue weighted by Gasteiger charge is 2.25. The van der Waals surface area contributed by atoms with Gasteiger partial charge in [-0.25, -0.2) is 22.7 Å². The number of fused-ring (bicyclic) bond motifs is 1. The second kappa shape index (κ2) is 7.98. The molecule has 0 saturated carbocycles. The normalized spacial score (nSPS) is 16.2. The molecule has 152 valence electrons. The van der Waals surface area contributed by atoms with Crippen molar-refractivity contribution >= 4 is 54.9 Å². The van der Waals surface area contributed by atoms with Gasteiger partial charge in [0.1, 0.15) is 4.83 Å². The lowest BCUT2D eigenvalue weighted by Gasteiger charge is -2.30. The summed E-state index contributed by atoms with van der Waals surface area (Å²) in [6, 6.07) is 8.71. The fourth-order valence-corrected chi connectivity index (χ4v) is 5.24. The van der Waals surface area contributed by atoms with Crippen LogP contribution >= 0.6 is 22.9 Å². The highest BCUT2D eigenvalue weighted by Crippen LogP contribution is 2.27. The van der Waals surface area contributed by atoms with E-state index in [9.17, 15) is 13.2 Å². The molecular weight excluding hydrogens is 432 g/mol. The van der Waals surface area contributed by atoms with E-state index < -0.39 is 10.0 Å². The van der Waals surface area contributed by atoms with Crippen LogP contribution in [0.5, 0.6) is 0 Å². The van der Waals surface area contributed by atoms with Crippen molar-refractivity contribution in [3.63, 3.8) is 0 Å². The zero-order chi connectivity index (χ0) is 20.6. The van der Waals surface area contributed by atoms with Gasteiger partial charge >= 0.3 is 0 Å². The number of piperidine rings is 1. The molecular formula is C19H19ClN4O3S2. The molecule has 0 unspecified atom stereocenters. The first-order chi connectivity index (χ1) is 13.8. The SMILES string of the molecule is CS(=O)(=O)N1CCC(Nc2ncc3cc(C(=O)c4ccc(Cl)cc4)sc3n2)CC1. The average Bonchev–Trinajstić information content (AvgIpc) is 3.11. The van der Waals surface area contributed by atoms with Crippen molar-refractivity contribution in [3.05, 3.63) is 52.0 Å².